The molecule has 4 aromatic rings. The van der Waals surface area contributed by atoms with Gasteiger partial charge in [-0.1, -0.05) is 36.4 Å². The minimum atomic E-state index is -1.25. The van der Waals surface area contributed by atoms with E-state index in [9.17, 15) is 19.5 Å². The number of rotatable bonds is 8. The van der Waals surface area contributed by atoms with Gasteiger partial charge in [-0.3, -0.25) is 14.4 Å². The predicted molar refractivity (Wildman–Crippen MR) is 140 cm³/mol. The number of nitrogens with zero attached hydrogens (tertiary/aromatic N) is 2. The number of carbonyl (C=O) groups is 2. The molecule has 188 valence electrons. The number of hydrogen-bond donors (Lipinski definition) is 3. The highest BCUT2D eigenvalue weighted by molar-refractivity contribution is 5.97. The van der Waals surface area contributed by atoms with Crippen molar-refractivity contribution in [3.8, 4) is 16.8 Å². The Morgan fingerprint density at radius 2 is 1.84 bits per heavy atom. The van der Waals surface area contributed by atoms with Crippen molar-refractivity contribution in [2.24, 2.45) is 0 Å². The number of pyridine rings is 2. The van der Waals surface area contributed by atoms with E-state index in [0.29, 0.717) is 16.6 Å². The highest BCUT2D eigenvalue weighted by Gasteiger charge is 2.26. The number of hydrogen-bond acceptors (Lipinski definition) is 5. The maximum atomic E-state index is 13.1. The molecule has 1 fully saturated rings. The normalized spacial score (nSPS) is 14.8. The average molecular weight is 498 g/mol. The first-order valence-corrected chi connectivity index (χ1v) is 12.2. The van der Waals surface area contributed by atoms with Gasteiger partial charge < -0.3 is 20.1 Å². The second-order valence-electron chi connectivity index (χ2n) is 9.66. The van der Waals surface area contributed by atoms with E-state index in [0.717, 1.165) is 29.7 Å². The van der Waals surface area contributed by atoms with Crippen LogP contribution in [0.4, 0.5) is 0 Å². The van der Waals surface area contributed by atoms with Gasteiger partial charge in [0.05, 0.1) is 11.0 Å². The summed E-state index contributed by atoms with van der Waals surface area (Å²) < 4.78 is 1.76. The Bertz CT molecular complexity index is 1550. The van der Waals surface area contributed by atoms with E-state index in [-0.39, 0.29) is 35.8 Å². The summed E-state index contributed by atoms with van der Waals surface area (Å²) in [7, 11) is 0. The van der Waals surface area contributed by atoms with E-state index in [2.05, 4.69) is 10.3 Å². The topological polar surface area (TPSA) is 122 Å². The van der Waals surface area contributed by atoms with Crippen LogP contribution in [0.25, 0.3) is 27.8 Å². The average Bonchev–Trinajstić information content (AvgIpc) is 3.72. The Morgan fingerprint density at radius 3 is 2.54 bits per heavy atom. The lowest BCUT2D eigenvalue weighted by molar-refractivity contribution is -0.138. The smallest absolute Gasteiger partial charge is 0.303 e. The molecule has 3 N–H and O–H groups in total. The fourth-order valence-electron chi connectivity index (χ4n) is 4.36. The summed E-state index contributed by atoms with van der Waals surface area (Å²) in [4.78, 5) is 41.2. The summed E-state index contributed by atoms with van der Waals surface area (Å²) in [5.41, 5.74) is 2.08. The number of fused-ring (bicyclic) bond motifs is 1. The monoisotopic (exact) mass is 497 g/mol. The third-order valence-electron chi connectivity index (χ3n) is 6.71. The quantitative estimate of drug-likeness (QED) is 0.338. The van der Waals surface area contributed by atoms with Crippen LogP contribution in [-0.4, -0.2) is 37.7 Å². The third-order valence-corrected chi connectivity index (χ3v) is 6.71. The maximum Gasteiger partial charge on any atom is 0.303 e. The van der Waals surface area contributed by atoms with Gasteiger partial charge in [0, 0.05) is 30.5 Å². The summed E-state index contributed by atoms with van der Waals surface area (Å²) in [6, 6.07) is 18.5. The zero-order valence-electron chi connectivity index (χ0n) is 20.3. The molecule has 2 aromatic heterocycles. The lowest BCUT2D eigenvalue weighted by Crippen LogP contribution is -2.31. The van der Waals surface area contributed by atoms with Crippen LogP contribution in [0, 0.1) is 0 Å². The van der Waals surface area contributed by atoms with Gasteiger partial charge in [-0.15, -0.1) is 0 Å². The van der Waals surface area contributed by atoms with Gasteiger partial charge in [-0.05, 0) is 67.1 Å². The van der Waals surface area contributed by atoms with Crippen LogP contribution in [0.3, 0.4) is 0 Å². The Kier molecular flexibility index (Phi) is 6.35. The zero-order valence-corrected chi connectivity index (χ0v) is 20.3. The maximum absolute atomic E-state index is 13.1. The Morgan fingerprint density at radius 1 is 1.08 bits per heavy atom. The van der Waals surface area contributed by atoms with E-state index >= 15 is 0 Å². The van der Waals surface area contributed by atoms with Gasteiger partial charge >= 0.3 is 5.97 Å². The summed E-state index contributed by atoms with van der Waals surface area (Å²) in [6.45, 7) is 1.61. The molecule has 1 aliphatic rings. The largest absolute Gasteiger partial charge is 0.481 e. The fraction of sp³-hybridized carbons (Fsp3) is 0.241. The molecule has 5 rings (SSSR count). The van der Waals surface area contributed by atoms with Crippen LogP contribution in [0.1, 0.15) is 48.5 Å². The van der Waals surface area contributed by atoms with Crippen LogP contribution >= 0.6 is 0 Å². The van der Waals surface area contributed by atoms with Crippen molar-refractivity contribution >= 4 is 22.9 Å². The molecule has 0 bridgehead atoms. The molecular weight excluding hydrogens is 470 g/mol. The number of aliphatic carboxylic acids is 1. The van der Waals surface area contributed by atoms with Crippen LogP contribution in [0.15, 0.2) is 77.9 Å². The number of carboxylic acid groups (broad SMARTS) is 1. The summed E-state index contributed by atoms with van der Waals surface area (Å²) in [5.74, 6) is -1.33. The number of amides is 1. The number of carbonyl (C=O) groups excluding carboxylic acids is 1. The zero-order chi connectivity index (χ0) is 26.2. The molecule has 1 aliphatic carbocycles. The number of carboxylic acids is 1. The van der Waals surface area contributed by atoms with Gasteiger partial charge in [0.25, 0.3) is 5.91 Å². The molecule has 2 aromatic carbocycles. The van der Waals surface area contributed by atoms with Crippen molar-refractivity contribution in [2.75, 3.05) is 0 Å². The van der Waals surface area contributed by atoms with Gasteiger partial charge in [0.15, 0.2) is 0 Å². The van der Waals surface area contributed by atoms with E-state index in [1.54, 1.807) is 48.1 Å². The van der Waals surface area contributed by atoms with Crippen molar-refractivity contribution in [1.82, 2.24) is 14.9 Å². The summed E-state index contributed by atoms with van der Waals surface area (Å²) in [5, 5.41) is 22.9. The van der Waals surface area contributed by atoms with Gasteiger partial charge in [0.2, 0.25) is 5.43 Å². The highest BCUT2D eigenvalue weighted by atomic mass is 16.4. The lowest BCUT2D eigenvalue weighted by atomic mass is 9.90. The SMILES string of the molecule is CC(O)(CCC(=O)O)c1ccc(-c2cccc(-n3cc(C(=O)NC4CC4)c(=O)c4cccnc43)c2)cc1. The van der Waals surface area contributed by atoms with Crippen molar-refractivity contribution in [3.05, 3.63) is 94.4 Å². The van der Waals surface area contributed by atoms with Gasteiger partial charge in [0.1, 0.15) is 11.2 Å². The second kappa shape index (κ2) is 9.63. The first-order valence-electron chi connectivity index (χ1n) is 12.2. The van der Waals surface area contributed by atoms with Crippen molar-refractivity contribution < 1.29 is 19.8 Å². The molecule has 0 saturated heterocycles. The second-order valence-corrected chi connectivity index (χ2v) is 9.66. The van der Waals surface area contributed by atoms with Crippen LogP contribution in [-0.2, 0) is 10.4 Å². The van der Waals surface area contributed by atoms with Crippen LogP contribution < -0.4 is 10.7 Å². The standard InChI is InChI=1S/C29H27N3O5/c1-29(37,14-13-25(33)34)20-9-7-18(8-10-20)19-4-2-5-22(16-19)32-17-24(28(36)31-21-11-12-21)26(35)23-6-3-15-30-27(23)32/h2-10,15-17,21,37H,11-14H2,1H3,(H,31,36)(H,33,34). The molecule has 1 atom stereocenters. The molecule has 8 nitrogen and oxygen atoms in total. The van der Waals surface area contributed by atoms with E-state index < -0.39 is 11.6 Å². The van der Waals surface area contributed by atoms with E-state index in [1.807, 2.05) is 36.4 Å². The molecule has 2 heterocycles. The van der Waals surface area contributed by atoms with E-state index in [1.165, 1.54) is 0 Å². The third kappa shape index (κ3) is 5.15. The molecule has 1 amide bonds. The molecule has 8 heteroatoms. The summed E-state index contributed by atoms with van der Waals surface area (Å²) in [6.07, 6.45) is 4.99. The van der Waals surface area contributed by atoms with Crippen molar-refractivity contribution in [2.45, 2.75) is 44.2 Å². The van der Waals surface area contributed by atoms with Crippen molar-refractivity contribution in [3.63, 3.8) is 0 Å². The van der Waals surface area contributed by atoms with E-state index in [4.69, 9.17) is 5.11 Å². The minimum absolute atomic E-state index is 0.0748. The molecular formula is C29H27N3O5. The van der Waals surface area contributed by atoms with Gasteiger partial charge in [-0.25, -0.2) is 4.98 Å². The minimum Gasteiger partial charge on any atom is -0.481 e. The molecule has 0 radical (unpaired) electrons. The van der Waals surface area contributed by atoms with Crippen LogP contribution in [0.2, 0.25) is 0 Å². The first-order chi connectivity index (χ1) is 17.7. The molecule has 1 saturated carbocycles. The molecule has 37 heavy (non-hydrogen) atoms. The Hall–Kier alpha value is -4.30. The van der Waals surface area contributed by atoms with Crippen LogP contribution in [0.5, 0.6) is 0 Å². The highest BCUT2D eigenvalue weighted by Crippen LogP contribution is 2.30. The Labute approximate surface area is 213 Å². The molecule has 0 aliphatic heterocycles. The van der Waals surface area contributed by atoms with Gasteiger partial charge in [-0.2, -0.15) is 0 Å². The predicted octanol–water partition coefficient (Wildman–Crippen LogP) is 4.02. The number of aliphatic hydroxyl groups is 1. The number of benzene rings is 2. The fourth-order valence-corrected chi connectivity index (χ4v) is 4.36. The lowest BCUT2D eigenvalue weighted by Gasteiger charge is -2.23. The molecule has 0 spiro atoms. The number of aromatic nitrogens is 2. The van der Waals surface area contributed by atoms with Crippen molar-refractivity contribution in [1.29, 1.82) is 0 Å². The first kappa shape index (κ1) is 24.4. The number of nitrogens with one attached hydrogen (secondary N) is 1. The molecule has 1 unspecified atom stereocenters. The Balaban J connectivity index is 1.52. The summed E-state index contributed by atoms with van der Waals surface area (Å²) >= 11 is 0.